The molecule has 0 bridgehead atoms. The zero-order valence-electron chi connectivity index (χ0n) is 15.0. The van der Waals surface area contributed by atoms with Crippen molar-refractivity contribution in [2.75, 3.05) is 0 Å². The molecule has 0 saturated carbocycles. The average molecular weight is 413 g/mol. The first kappa shape index (κ1) is 18.7. The third-order valence-corrected chi connectivity index (χ3v) is 5.46. The molecule has 0 spiro atoms. The van der Waals surface area contributed by atoms with Crippen molar-refractivity contribution < 1.29 is 4.39 Å². The second-order valence-electron chi connectivity index (χ2n) is 6.30. The van der Waals surface area contributed by atoms with E-state index in [1.54, 1.807) is 29.7 Å². The molecule has 0 saturated heterocycles. The van der Waals surface area contributed by atoms with Gasteiger partial charge >= 0.3 is 0 Å². The monoisotopic (exact) mass is 412 g/mol. The van der Waals surface area contributed by atoms with E-state index in [9.17, 15) is 4.39 Å². The standard InChI is InChI=1S/C21H18ClFN4S/c22-17-4-2-16(3-5-17)20-14-28-21(25-19-8-6-18(23)7-9-19)27(20)12-1-11-26-13-10-24-15-26/h2-10,13-15H,1,11-12H2. The molecule has 4 nitrogen and oxygen atoms in total. The van der Waals surface area contributed by atoms with Crippen LogP contribution in [0, 0.1) is 5.82 Å². The van der Waals surface area contributed by atoms with Crippen molar-refractivity contribution in [3.8, 4) is 11.3 Å². The number of rotatable bonds is 6. The fraction of sp³-hybridized carbons (Fsp3) is 0.143. The summed E-state index contributed by atoms with van der Waals surface area (Å²) < 4.78 is 17.5. The van der Waals surface area contributed by atoms with E-state index in [0.29, 0.717) is 5.02 Å². The Morgan fingerprint density at radius 3 is 2.54 bits per heavy atom. The molecule has 0 aliphatic heterocycles. The van der Waals surface area contributed by atoms with Gasteiger partial charge in [0.1, 0.15) is 5.82 Å². The normalized spacial score (nSPS) is 11.9. The Morgan fingerprint density at radius 1 is 1.04 bits per heavy atom. The summed E-state index contributed by atoms with van der Waals surface area (Å²) in [5.74, 6) is -0.264. The van der Waals surface area contributed by atoms with E-state index in [1.165, 1.54) is 12.1 Å². The van der Waals surface area contributed by atoms with E-state index < -0.39 is 0 Å². The van der Waals surface area contributed by atoms with Gasteiger partial charge in [0.2, 0.25) is 0 Å². The number of benzene rings is 2. The number of nitrogens with zero attached hydrogens (tertiary/aromatic N) is 4. The highest BCUT2D eigenvalue weighted by Crippen LogP contribution is 2.23. The van der Waals surface area contributed by atoms with Crippen molar-refractivity contribution in [2.45, 2.75) is 19.5 Å². The Hall–Kier alpha value is -2.70. The number of aromatic nitrogens is 3. The summed E-state index contributed by atoms with van der Waals surface area (Å²) in [5.41, 5.74) is 2.91. The minimum atomic E-state index is -0.264. The summed E-state index contributed by atoms with van der Waals surface area (Å²) in [6.45, 7) is 1.68. The van der Waals surface area contributed by atoms with E-state index in [4.69, 9.17) is 16.6 Å². The van der Waals surface area contributed by atoms with Crippen molar-refractivity contribution in [3.63, 3.8) is 0 Å². The lowest BCUT2D eigenvalue weighted by Gasteiger charge is -2.10. The van der Waals surface area contributed by atoms with E-state index in [0.717, 1.165) is 41.3 Å². The van der Waals surface area contributed by atoms with Crippen LogP contribution in [0.25, 0.3) is 11.3 Å². The smallest absolute Gasteiger partial charge is 0.190 e. The second kappa shape index (κ2) is 8.54. The SMILES string of the molecule is Fc1ccc(N=c2scc(-c3ccc(Cl)cc3)n2CCCn2ccnc2)cc1. The van der Waals surface area contributed by atoms with Gasteiger partial charge in [-0.15, -0.1) is 11.3 Å². The first-order valence-electron chi connectivity index (χ1n) is 8.89. The molecule has 0 aliphatic rings. The zero-order valence-corrected chi connectivity index (χ0v) is 16.6. The molecule has 142 valence electrons. The number of thiazole rings is 1. The summed E-state index contributed by atoms with van der Waals surface area (Å²) in [7, 11) is 0. The fourth-order valence-corrected chi connectivity index (χ4v) is 4.02. The predicted octanol–water partition coefficient (Wildman–Crippen LogP) is 5.53. The molecule has 0 fully saturated rings. The van der Waals surface area contributed by atoms with Crippen LogP contribution in [0.2, 0.25) is 5.02 Å². The third kappa shape index (κ3) is 4.40. The Labute approximate surface area is 171 Å². The van der Waals surface area contributed by atoms with Crippen molar-refractivity contribution in [3.05, 3.63) is 88.3 Å². The Bertz CT molecular complexity index is 1100. The van der Waals surface area contributed by atoms with Crippen LogP contribution in [-0.4, -0.2) is 14.1 Å². The van der Waals surface area contributed by atoms with Gasteiger partial charge in [0.15, 0.2) is 4.80 Å². The molecule has 4 rings (SSSR count). The summed E-state index contributed by atoms with van der Waals surface area (Å²) in [6, 6.07) is 14.0. The van der Waals surface area contributed by atoms with Gasteiger partial charge < -0.3 is 9.13 Å². The van der Waals surface area contributed by atoms with Gasteiger partial charge in [0, 0.05) is 35.9 Å². The zero-order chi connectivity index (χ0) is 19.3. The van der Waals surface area contributed by atoms with Crippen LogP contribution in [-0.2, 0) is 13.1 Å². The van der Waals surface area contributed by atoms with Crippen LogP contribution in [0.4, 0.5) is 10.1 Å². The molecule has 0 aliphatic carbocycles. The third-order valence-electron chi connectivity index (χ3n) is 4.35. The van der Waals surface area contributed by atoms with Gasteiger partial charge in [-0.2, -0.15) is 0 Å². The lowest BCUT2D eigenvalue weighted by molar-refractivity contribution is 0.559. The van der Waals surface area contributed by atoms with Crippen molar-refractivity contribution >= 4 is 28.6 Å². The molecule has 0 radical (unpaired) electrons. The minimum absolute atomic E-state index is 0.264. The van der Waals surface area contributed by atoms with Crippen LogP contribution in [0.5, 0.6) is 0 Å². The van der Waals surface area contributed by atoms with E-state index in [-0.39, 0.29) is 5.82 Å². The summed E-state index contributed by atoms with van der Waals surface area (Å²) >= 11 is 7.62. The van der Waals surface area contributed by atoms with E-state index >= 15 is 0 Å². The van der Waals surface area contributed by atoms with Gasteiger partial charge in [-0.25, -0.2) is 14.4 Å². The molecule has 0 amide bonds. The van der Waals surface area contributed by atoms with Gasteiger partial charge in [0.05, 0.1) is 17.7 Å². The molecule has 0 unspecified atom stereocenters. The number of hydrogen-bond donors (Lipinski definition) is 0. The Balaban J connectivity index is 1.68. The summed E-state index contributed by atoms with van der Waals surface area (Å²) in [4.78, 5) is 9.70. The molecule has 2 aromatic heterocycles. The Morgan fingerprint density at radius 2 is 1.82 bits per heavy atom. The summed E-state index contributed by atoms with van der Waals surface area (Å²) in [6.07, 6.45) is 6.50. The minimum Gasteiger partial charge on any atom is -0.337 e. The molecular formula is C21H18ClFN4S. The van der Waals surface area contributed by atoms with Crippen LogP contribution in [0.1, 0.15) is 6.42 Å². The maximum Gasteiger partial charge on any atom is 0.190 e. The Kier molecular flexibility index (Phi) is 5.69. The predicted molar refractivity (Wildman–Crippen MR) is 111 cm³/mol. The average Bonchev–Trinajstić information content (AvgIpc) is 3.35. The number of aryl methyl sites for hydroxylation is 1. The first-order chi connectivity index (χ1) is 13.7. The van der Waals surface area contributed by atoms with Crippen LogP contribution in [0.3, 0.4) is 0 Å². The van der Waals surface area contributed by atoms with Gasteiger partial charge in [0.25, 0.3) is 0 Å². The van der Waals surface area contributed by atoms with E-state index in [2.05, 4.69) is 19.5 Å². The summed E-state index contributed by atoms with van der Waals surface area (Å²) in [5, 5.41) is 2.81. The first-order valence-corrected chi connectivity index (χ1v) is 10.1. The highest BCUT2D eigenvalue weighted by Gasteiger charge is 2.08. The van der Waals surface area contributed by atoms with Crippen LogP contribution >= 0.6 is 22.9 Å². The van der Waals surface area contributed by atoms with E-state index in [1.807, 2.05) is 36.8 Å². The number of halogens is 2. The van der Waals surface area contributed by atoms with Crippen LogP contribution in [0.15, 0.2) is 77.6 Å². The van der Waals surface area contributed by atoms with Crippen LogP contribution < -0.4 is 4.80 Å². The maximum atomic E-state index is 13.2. The second-order valence-corrected chi connectivity index (χ2v) is 7.58. The lowest BCUT2D eigenvalue weighted by atomic mass is 10.2. The molecule has 28 heavy (non-hydrogen) atoms. The van der Waals surface area contributed by atoms with Gasteiger partial charge in [-0.05, 0) is 48.4 Å². The maximum absolute atomic E-state index is 13.2. The molecule has 7 heteroatoms. The molecule has 2 heterocycles. The number of imidazole rings is 1. The highest BCUT2D eigenvalue weighted by atomic mass is 35.5. The fourth-order valence-electron chi connectivity index (χ4n) is 2.94. The highest BCUT2D eigenvalue weighted by molar-refractivity contribution is 7.07. The quantitative estimate of drug-likeness (QED) is 0.410. The lowest BCUT2D eigenvalue weighted by Crippen LogP contribution is -2.17. The molecule has 0 atom stereocenters. The number of hydrogen-bond acceptors (Lipinski definition) is 3. The molecule has 0 N–H and O–H groups in total. The molecule has 2 aromatic carbocycles. The topological polar surface area (TPSA) is 35.1 Å². The van der Waals surface area contributed by atoms with Crippen molar-refractivity contribution in [1.82, 2.24) is 14.1 Å². The van der Waals surface area contributed by atoms with Crippen molar-refractivity contribution in [2.24, 2.45) is 4.99 Å². The largest absolute Gasteiger partial charge is 0.337 e. The van der Waals surface area contributed by atoms with Crippen molar-refractivity contribution in [1.29, 1.82) is 0 Å². The van der Waals surface area contributed by atoms with Gasteiger partial charge in [-0.3, -0.25) is 0 Å². The molecule has 4 aromatic rings. The van der Waals surface area contributed by atoms with Gasteiger partial charge in [-0.1, -0.05) is 23.7 Å². The molecular weight excluding hydrogens is 395 g/mol.